The molecule has 1 saturated heterocycles. The van der Waals surface area contributed by atoms with E-state index in [4.69, 9.17) is 4.74 Å². The number of methoxy groups -OCH3 is 1. The summed E-state index contributed by atoms with van der Waals surface area (Å²) in [6.07, 6.45) is -10.7. The van der Waals surface area contributed by atoms with E-state index >= 15 is 0 Å². The van der Waals surface area contributed by atoms with Crippen molar-refractivity contribution in [1.29, 1.82) is 0 Å². The molecule has 186 valence electrons. The summed E-state index contributed by atoms with van der Waals surface area (Å²) < 4.78 is 91.6. The lowest BCUT2D eigenvalue weighted by Gasteiger charge is -2.38. The number of piperidine rings is 1. The Morgan fingerprint density at radius 1 is 1.06 bits per heavy atom. The number of ether oxygens (including phenoxy) is 2. The van der Waals surface area contributed by atoms with Gasteiger partial charge in [0.2, 0.25) is 0 Å². The van der Waals surface area contributed by atoms with Gasteiger partial charge in [-0.3, -0.25) is 0 Å². The van der Waals surface area contributed by atoms with E-state index in [-0.39, 0.29) is 31.5 Å². The first-order chi connectivity index (χ1) is 15.0. The standard InChI is InChI=1S/C21H26F6N2O4/c1-19(2,3)33-18(31)29-9-7-12(8-10-29)16(21(25,26)27)28-15-11-13(17(30)32-4)5-6-14(15)20(22,23)24/h5-6,11-12,16,28H,7-10H2,1-4H3/t16-/m1/s1. The van der Waals surface area contributed by atoms with Crippen molar-refractivity contribution in [3.8, 4) is 0 Å². The highest BCUT2D eigenvalue weighted by Crippen LogP contribution is 2.39. The van der Waals surface area contributed by atoms with Crippen molar-refractivity contribution in [3.05, 3.63) is 29.3 Å². The third-order valence-electron chi connectivity index (χ3n) is 5.07. The second-order valence-corrected chi connectivity index (χ2v) is 8.72. The summed E-state index contributed by atoms with van der Waals surface area (Å²) in [6.45, 7) is 4.89. The average molecular weight is 484 g/mol. The largest absolute Gasteiger partial charge is 0.465 e. The van der Waals surface area contributed by atoms with Gasteiger partial charge in [0.1, 0.15) is 11.6 Å². The zero-order valence-electron chi connectivity index (χ0n) is 18.6. The molecule has 0 aliphatic carbocycles. The van der Waals surface area contributed by atoms with Crippen LogP contribution in [0.3, 0.4) is 0 Å². The first-order valence-corrected chi connectivity index (χ1v) is 10.1. The van der Waals surface area contributed by atoms with Crippen LogP contribution in [0.15, 0.2) is 18.2 Å². The number of esters is 1. The molecule has 1 N–H and O–H groups in total. The number of rotatable bonds is 4. The Hall–Kier alpha value is -2.66. The quantitative estimate of drug-likeness (QED) is 0.453. The second-order valence-electron chi connectivity index (χ2n) is 8.72. The molecule has 1 aromatic carbocycles. The van der Waals surface area contributed by atoms with E-state index in [0.717, 1.165) is 13.2 Å². The number of hydrogen-bond donors (Lipinski definition) is 1. The molecule has 0 aromatic heterocycles. The lowest BCUT2D eigenvalue weighted by Crippen LogP contribution is -2.49. The Morgan fingerprint density at radius 3 is 2.09 bits per heavy atom. The Balaban J connectivity index is 2.28. The molecule has 6 nitrogen and oxygen atoms in total. The molecule has 0 unspecified atom stereocenters. The summed E-state index contributed by atoms with van der Waals surface area (Å²) in [5.74, 6) is -2.09. The van der Waals surface area contributed by atoms with Gasteiger partial charge in [-0.2, -0.15) is 26.3 Å². The fraction of sp³-hybridized carbons (Fsp3) is 0.619. The average Bonchev–Trinajstić information content (AvgIpc) is 2.68. The Bertz CT molecular complexity index is 856. The molecule has 33 heavy (non-hydrogen) atoms. The van der Waals surface area contributed by atoms with Gasteiger partial charge in [-0.25, -0.2) is 9.59 Å². The second kappa shape index (κ2) is 9.68. The van der Waals surface area contributed by atoms with Gasteiger partial charge in [0.05, 0.1) is 18.2 Å². The molecule has 0 bridgehead atoms. The minimum Gasteiger partial charge on any atom is -0.465 e. The summed E-state index contributed by atoms with van der Waals surface area (Å²) in [7, 11) is 1.00. The van der Waals surface area contributed by atoms with Crippen LogP contribution in [0, 0.1) is 5.92 Å². The molecule has 12 heteroatoms. The van der Waals surface area contributed by atoms with Crippen LogP contribution >= 0.6 is 0 Å². The van der Waals surface area contributed by atoms with Crippen molar-refractivity contribution in [2.75, 3.05) is 25.5 Å². The van der Waals surface area contributed by atoms with Gasteiger partial charge in [0.15, 0.2) is 0 Å². The van der Waals surface area contributed by atoms with Gasteiger partial charge in [-0.1, -0.05) is 0 Å². The molecular weight excluding hydrogens is 458 g/mol. The predicted molar refractivity (Wildman–Crippen MR) is 107 cm³/mol. The van der Waals surface area contributed by atoms with Gasteiger partial charge < -0.3 is 19.7 Å². The van der Waals surface area contributed by atoms with E-state index < -0.39 is 53.2 Å². The van der Waals surface area contributed by atoms with Crippen molar-refractivity contribution in [1.82, 2.24) is 4.90 Å². The summed E-state index contributed by atoms with van der Waals surface area (Å²) in [4.78, 5) is 25.1. The number of amides is 1. The van der Waals surface area contributed by atoms with Gasteiger partial charge >= 0.3 is 24.4 Å². The first kappa shape index (κ1) is 26.6. The van der Waals surface area contributed by atoms with E-state index in [2.05, 4.69) is 4.74 Å². The molecule has 1 amide bonds. The maximum Gasteiger partial charge on any atom is 0.418 e. The maximum absolute atomic E-state index is 13.9. The summed E-state index contributed by atoms with van der Waals surface area (Å²) in [6, 6.07) is -0.259. The zero-order chi connectivity index (χ0) is 25.2. The molecule has 1 aliphatic rings. The lowest BCUT2D eigenvalue weighted by molar-refractivity contribution is -0.157. The van der Waals surface area contributed by atoms with E-state index in [9.17, 15) is 35.9 Å². The number of carbonyl (C=O) groups excluding carboxylic acids is 2. The minimum atomic E-state index is -4.95. The Morgan fingerprint density at radius 2 is 1.64 bits per heavy atom. The fourth-order valence-electron chi connectivity index (χ4n) is 3.53. The topological polar surface area (TPSA) is 67.9 Å². The van der Waals surface area contributed by atoms with Crippen LogP contribution < -0.4 is 5.32 Å². The molecule has 0 radical (unpaired) electrons. The number of halogens is 6. The minimum absolute atomic E-state index is 0.0395. The predicted octanol–water partition coefficient (Wildman–Crippen LogP) is 5.48. The number of benzene rings is 1. The number of likely N-dealkylation sites (tertiary alicyclic amines) is 1. The van der Waals surface area contributed by atoms with Crippen molar-refractivity contribution in [2.24, 2.45) is 5.92 Å². The van der Waals surface area contributed by atoms with E-state index in [1.165, 1.54) is 4.90 Å². The molecule has 1 fully saturated rings. The third-order valence-corrected chi connectivity index (χ3v) is 5.07. The lowest BCUT2D eigenvalue weighted by atomic mass is 9.88. The summed E-state index contributed by atoms with van der Waals surface area (Å²) >= 11 is 0. The first-order valence-electron chi connectivity index (χ1n) is 10.1. The van der Waals surface area contributed by atoms with Gasteiger partial charge in [-0.15, -0.1) is 0 Å². The van der Waals surface area contributed by atoms with Crippen molar-refractivity contribution in [3.63, 3.8) is 0 Å². The van der Waals surface area contributed by atoms with Crippen LogP contribution in [0.2, 0.25) is 0 Å². The smallest absolute Gasteiger partial charge is 0.418 e. The number of hydrogen-bond acceptors (Lipinski definition) is 5. The van der Waals surface area contributed by atoms with E-state index in [0.29, 0.717) is 12.1 Å². The molecule has 1 heterocycles. The molecular formula is C21H26F6N2O4. The molecule has 0 spiro atoms. The van der Waals surface area contributed by atoms with Crippen molar-refractivity contribution < 1.29 is 45.4 Å². The third kappa shape index (κ3) is 7.16. The van der Waals surface area contributed by atoms with Crippen LogP contribution in [0.25, 0.3) is 0 Å². The fourth-order valence-corrected chi connectivity index (χ4v) is 3.53. The highest BCUT2D eigenvalue weighted by atomic mass is 19.4. The summed E-state index contributed by atoms with van der Waals surface area (Å²) in [5.41, 5.74) is -3.31. The van der Waals surface area contributed by atoms with E-state index in [1.807, 2.05) is 5.32 Å². The Kier molecular flexibility index (Phi) is 7.80. The van der Waals surface area contributed by atoms with Crippen LogP contribution in [0.1, 0.15) is 49.5 Å². The highest BCUT2D eigenvalue weighted by Gasteiger charge is 2.47. The van der Waals surface area contributed by atoms with E-state index in [1.54, 1.807) is 20.8 Å². The Labute approximate surface area is 187 Å². The number of carbonyl (C=O) groups is 2. The summed E-state index contributed by atoms with van der Waals surface area (Å²) in [5, 5.41) is 1.98. The van der Waals surface area contributed by atoms with Crippen molar-refractivity contribution >= 4 is 17.7 Å². The highest BCUT2D eigenvalue weighted by molar-refractivity contribution is 5.90. The monoisotopic (exact) mass is 484 g/mol. The number of nitrogens with zero attached hydrogens (tertiary/aromatic N) is 1. The van der Waals surface area contributed by atoms with Crippen LogP contribution in [-0.2, 0) is 15.7 Å². The van der Waals surface area contributed by atoms with Crippen LogP contribution in [0.5, 0.6) is 0 Å². The normalized spacial score (nSPS) is 16.8. The molecule has 2 rings (SSSR count). The van der Waals surface area contributed by atoms with Crippen LogP contribution in [-0.4, -0.2) is 55.0 Å². The number of nitrogens with one attached hydrogen (secondary N) is 1. The SMILES string of the molecule is COC(=O)c1ccc(C(F)(F)F)c(N[C@H](C2CCN(C(=O)OC(C)(C)C)CC2)C(F)(F)F)c1. The van der Waals surface area contributed by atoms with Gasteiger partial charge in [-0.05, 0) is 57.7 Å². The maximum atomic E-state index is 13.9. The number of anilines is 1. The van der Waals surface area contributed by atoms with Gasteiger partial charge in [0.25, 0.3) is 0 Å². The van der Waals surface area contributed by atoms with Crippen molar-refractivity contribution in [2.45, 2.75) is 57.6 Å². The molecule has 1 aromatic rings. The zero-order valence-corrected chi connectivity index (χ0v) is 18.6. The molecule has 0 saturated carbocycles. The van der Waals surface area contributed by atoms with Crippen LogP contribution in [0.4, 0.5) is 36.8 Å². The van der Waals surface area contributed by atoms with Gasteiger partial charge in [0, 0.05) is 18.8 Å². The molecule has 1 aliphatic heterocycles. The number of alkyl halides is 6. The molecule has 1 atom stereocenters.